The van der Waals surface area contributed by atoms with Crippen LogP contribution in [0.5, 0.6) is 0 Å². The van der Waals surface area contributed by atoms with Crippen LogP contribution in [0.15, 0.2) is 24.3 Å². The normalized spacial score (nSPS) is 15.5. The average molecular weight is 369 g/mol. The minimum atomic E-state index is -0.104. The van der Waals surface area contributed by atoms with Crippen LogP contribution >= 0.6 is 0 Å². The van der Waals surface area contributed by atoms with Crippen molar-refractivity contribution in [1.82, 2.24) is 15.1 Å². The molecule has 0 atom stereocenters. The number of hydrogen-bond acceptors (Lipinski definition) is 4. The lowest BCUT2D eigenvalue weighted by atomic mass is 9.75. The Morgan fingerprint density at radius 3 is 2.63 bits per heavy atom. The SMILES string of the molecule is COCCCNC(=O)c1ccc(-n2nc(C)c3c2CC(C)(C)CC3=O)cc1. The molecule has 0 unspecified atom stereocenters. The fourth-order valence-electron chi connectivity index (χ4n) is 3.63. The van der Waals surface area contributed by atoms with E-state index in [9.17, 15) is 9.59 Å². The lowest BCUT2D eigenvalue weighted by Crippen LogP contribution is -2.28. The Morgan fingerprint density at radius 1 is 1.26 bits per heavy atom. The molecule has 0 bridgehead atoms. The summed E-state index contributed by atoms with van der Waals surface area (Å²) in [5.41, 5.74) is 3.88. The van der Waals surface area contributed by atoms with Crippen molar-refractivity contribution < 1.29 is 14.3 Å². The van der Waals surface area contributed by atoms with Crippen LogP contribution in [0.1, 0.15) is 58.8 Å². The van der Waals surface area contributed by atoms with Crippen molar-refractivity contribution in [2.45, 2.75) is 40.0 Å². The van der Waals surface area contributed by atoms with E-state index in [1.54, 1.807) is 19.2 Å². The molecule has 0 saturated heterocycles. The van der Waals surface area contributed by atoms with Gasteiger partial charge in [0, 0.05) is 32.2 Å². The summed E-state index contributed by atoms with van der Waals surface area (Å²) in [7, 11) is 1.64. The fourth-order valence-corrected chi connectivity index (χ4v) is 3.63. The molecular weight excluding hydrogens is 342 g/mol. The number of benzene rings is 1. The maximum absolute atomic E-state index is 12.5. The van der Waals surface area contributed by atoms with E-state index in [4.69, 9.17) is 4.74 Å². The van der Waals surface area contributed by atoms with E-state index < -0.39 is 0 Å². The van der Waals surface area contributed by atoms with Gasteiger partial charge in [0.15, 0.2) is 5.78 Å². The van der Waals surface area contributed by atoms with Gasteiger partial charge in [0.05, 0.1) is 22.6 Å². The van der Waals surface area contributed by atoms with Crippen LogP contribution in [0.25, 0.3) is 5.69 Å². The zero-order valence-electron chi connectivity index (χ0n) is 16.5. The van der Waals surface area contributed by atoms with Gasteiger partial charge in [-0.15, -0.1) is 0 Å². The van der Waals surface area contributed by atoms with Crippen LogP contribution in [0.2, 0.25) is 0 Å². The predicted octanol–water partition coefficient (Wildman–Crippen LogP) is 3.10. The van der Waals surface area contributed by atoms with Crippen LogP contribution < -0.4 is 5.32 Å². The van der Waals surface area contributed by atoms with E-state index in [1.165, 1.54) is 0 Å². The highest BCUT2D eigenvalue weighted by atomic mass is 16.5. The number of ether oxygens (including phenoxy) is 1. The molecule has 0 spiro atoms. The predicted molar refractivity (Wildman–Crippen MR) is 104 cm³/mol. The number of methoxy groups -OCH3 is 1. The van der Waals surface area contributed by atoms with Gasteiger partial charge in [-0.1, -0.05) is 13.8 Å². The van der Waals surface area contributed by atoms with Gasteiger partial charge in [-0.2, -0.15) is 5.10 Å². The van der Waals surface area contributed by atoms with Crippen molar-refractivity contribution in [3.05, 3.63) is 46.8 Å². The Labute approximate surface area is 159 Å². The second kappa shape index (κ2) is 7.64. The Balaban J connectivity index is 1.81. The number of fused-ring (bicyclic) bond motifs is 1. The molecule has 1 aliphatic carbocycles. The highest BCUT2D eigenvalue weighted by molar-refractivity contribution is 6.00. The van der Waals surface area contributed by atoms with E-state index in [1.807, 2.05) is 23.7 Å². The van der Waals surface area contributed by atoms with Crippen LogP contribution in [-0.2, 0) is 11.2 Å². The van der Waals surface area contributed by atoms with Gasteiger partial charge >= 0.3 is 0 Å². The molecule has 0 aliphatic heterocycles. The van der Waals surface area contributed by atoms with Gasteiger partial charge in [0.2, 0.25) is 0 Å². The summed E-state index contributed by atoms with van der Waals surface area (Å²) < 4.78 is 6.83. The molecule has 6 nitrogen and oxygen atoms in total. The number of nitrogens with one attached hydrogen (secondary N) is 1. The van der Waals surface area contributed by atoms with Crippen molar-refractivity contribution in [3.8, 4) is 5.69 Å². The second-order valence-electron chi connectivity index (χ2n) is 7.91. The number of carbonyl (C=O) groups is 2. The molecule has 1 heterocycles. The molecule has 144 valence electrons. The van der Waals surface area contributed by atoms with Gasteiger partial charge < -0.3 is 10.1 Å². The molecule has 0 fully saturated rings. The molecule has 0 saturated carbocycles. The van der Waals surface area contributed by atoms with Crippen molar-refractivity contribution in [2.75, 3.05) is 20.3 Å². The van der Waals surface area contributed by atoms with E-state index in [-0.39, 0.29) is 17.1 Å². The molecule has 3 rings (SSSR count). The Morgan fingerprint density at radius 2 is 1.96 bits per heavy atom. The maximum Gasteiger partial charge on any atom is 0.251 e. The van der Waals surface area contributed by atoms with Crippen LogP contribution in [0, 0.1) is 12.3 Å². The maximum atomic E-state index is 12.5. The molecule has 2 aromatic rings. The highest BCUT2D eigenvalue weighted by Gasteiger charge is 2.35. The van der Waals surface area contributed by atoms with Crippen LogP contribution in [-0.4, -0.2) is 41.7 Å². The summed E-state index contributed by atoms with van der Waals surface area (Å²) in [5, 5.41) is 7.48. The van der Waals surface area contributed by atoms with E-state index in [0.717, 1.165) is 35.5 Å². The summed E-state index contributed by atoms with van der Waals surface area (Å²) >= 11 is 0. The first-order valence-electron chi connectivity index (χ1n) is 9.32. The van der Waals surface area contributed by atoms with Crippen molar-refractivity contribution in [2.24, 2.45) is 5.41 Å². The fraction of sp³-hybridized carbons (Fsp3) is 0.476. The van der Waals surface area contributed by atoms with E-state index in [0.29, 0.717) is 25.1 Å². The van der Waals surface area contributed by atoms with E-state index in [2.05, 4.69) is 24.3 Å². The van der Waals surface area contributed by atoms with Crippen LogP contribution in [0.4, 0.5) is 0 Å². The summed E-state index contributed by atoms with van der Waals surface area (Å²) in [4.78, 5) is 24.7. The van der Waals surface area contributed by atoms with Crippen molar-refractivity contribution in [3.63, 3.8) is 0 Å². The highest BCUT2D eigenvalue weighted by Crippen LogP contribution is 2.36. The number of aromatic nitrogens is 2. The molecule has 27 heavy (non-hydrogen) atoms. The Bertz CT molecular complexity index is 850. The number of Topliss-reactive ketones (excluding diaryl/α,β-unsaturated/α-hetero) is 1. The first-order valence-corrected chi connectivity index (χ1v) is 9.32. The number of rotatable bonds is 6. The minimum Gasteiger partial charge on any atom is -0.385 e. The molecule has 1 aliphatic rings. The molecule has 0 radical (unpaired) electrons. The van der Waals surface area contributed by atoms with Gasteiger partial charge in [0.1, 0.15) is 0 Å². The number of hydrogen-bond donors (Lipinski definition) is 1. The average Bonchev–Trinajstić information content (AvgIpc) is 2.94. The van der Waals surface area contributed by atoms with Gasteiger partial charge in [-0.05, 0) is 49.4 Å². The summed E-state index contributed by atoms with van der Waals surface area (Å²) in [5.74, 6) is 0.0599. The number of carbonyl (C=O) groups excluding carboxylic acids is 2. The van der Waals surface area contributed by atoms with Crippen LogP contribution in [0.3, 0.4) is 0 Å². The lowest BCUT2D eigenvalue weighted by Gasteiger charge is -2.29. The largest absolute Gasteiger partial charge is 0.385 e. The standard InChI is InChI=1S/C21H27N3O3/c1-14-19-17(12-21(2,3)13-18(19)25)24(23-14)16-8-6-15(7-9-16)20(26)22-10-5-11-27-4/h6-9H,5,10-13H2,1-4H3,(H,22,26). The number of nitrogens with zero attached hydrogens (tertiary/aromatic N) is 2. The molecule has 1 aromatic heterocycles. The summed E-state index contributed by atoms with van der Waals surface area (Å²) in [6, 6.07) is 7.34. The smallest absolute Gasteiger partial charge is 0.251 e. The van der Waals surface area contributed by atoms with Gasteiger partial charge in [0.25, 0.3) is 5.91 Å². The zero-order valence-corrected chi connectivity index (χ0v) is 16.5. The minimum absolute atomic E-state index is 0.0731. The molecule has 1 N–H and O–H groups in total. The topological polar surface area (TPSA) is 73.2 Å². The van der Waals surface area contributed by atoms with Crippen molar-refractivity contribution >= 4 is 11.7 Å². The number of ketones is 1. The molecule has 1 amide bonds. The van der Waals surface area contributed by atoms with Gasteiger partial charge in [-0.3, -0.25) is 9.59 Å². The third-order valence-electron chi connectivity index (χ3n) is 4.90. The Kier molecular flexibility index (Phi) is 5.46. The monoisotopic (exact) mass is 369 g/mol. The first kappa shape index (κ1) is 19.3. The summed E-state index contributed by atoms with van der Waals surface area (Å²) in [6.07, 6.45) is 2.13. The van der Waals surface area contributed by atoms with Crippen molar-refractivity contribution in [1.29, 1.82) is 0 Å². The second-order valence-corrected chi connectivity index (χ2v) is 7.91. The quantitative estimate of drug-likeness (QED) is 0.794. The molecular formula is C21H27N3O3. The molecule has 6 heteroatoms. The first-order chi connectivity index (χ1) is 12.8. The summed E-state index contributed by atoms with van der Waals surface area (Å²) in [6.45, 7) is 7.30. The number of amides is 1. The van der Waals surface area contributed by atoms with E-state index >= 15 is 0 Å². The molecule has 1 aromatic carbocycles. The zero-order chi connectivity index (χ0) is 19.6. The third-order valence-corrected chi connectivity index (χ3v) is 4.90. The number of aryl methyl sites for hydroxylation is 1. The Hall–Kier alpha value is -2.47. The van der Waals surface area contributed by atoms with Gasteiger partial charge in [-0.25, -0.2) is 4.68 Å². The third kappa shape index (κ3) is 4.11. The lowest BCUT2D eigenvalue weighted by molar-refractivity contribution is 0.0908.